The number of amides is 1. The molecule has 0 fully saturated rings. The number of hydrogen-bond donors (Lipinski definition) is 2. The van der Waals surface area contributed by atoms with Crippen LogP contribution in [-0.2, 0) is 4.79 Å². The molecule has 3 aliphatic carbocycles. The molecule has 0 aromatic heterocycles. The van der Waals surface area contributed by atoms with E-state index in [1.807, 2.05) is 78.9 Å². The van der Waals surface area contributed by atoms with E-state index in [0.29, 0.717) is 12.1 Å². The molecular weight excluding hydrogens is 418 g/mol. The molecule has 4 heteroatoms. The lowest BCUT2D eigenvalue weighted by Gasteiger charge is -2.48. The van der Waals surface area contributed by atoms with Gasteiger partial charge >= 0.3 is 0 Å². The quantitative estimate of drug-likeness (QED) is 0.377. The highest BCUT2D eigenvalue weighted by atomic mass is 16.2. The minimum Gasteiger partial charge on any atom is -0.356 e. The highest BCUT2D eigenvalue weighted by molar-refractivity contribution is 5.99. The molecule has 0 unspecified atom stereocenters. The first-order valence-electron chi connectivity index (χ1n) is 11.5. The van der Waals surface area contributed by atoms with E-state index in [4.69, 9.17) is 0 Å². The van der Waals surface area contributed by atoms with Crippen LogP contribution in [0.15, 0.2) is 103 Å². The van der Waals surface area contributed by atoms with Gasteiger partial charge in [-0.25, -0.2) is 0 Å². The fourth-order valence-corrected chi connectivity index (χ4v) is 5.66. The Morgan fingerprint density at radius 1 is 0.706 bits per heavy atom. The summed E-state index contributed by atoms with van der Waals surface area (Å²) in [7, 11) is 0. The minimum absolute atomic E-state index is 0.0419. The van der Waals surface area contributed by atoms with E-state index in [-0.39, 0.29) is 17.7 Å². The van der Waals surface area contributed by atoms with Crippen molar-refractivity contribution in [2.75, 3.05) is 10.6 Å². The van der Waals surface area contributed by atoms with Crippen LogP contribution >= 0.6 is 0 Å². The molecule has 0 saturated heterocycles. The molecule has 0 heterocycles. The van der Waals surface area contributed by atoms with E-state index in [1.54, 1.807) is 0 Å². The molecule has 1 atom stereocenters. The normalized spacial score (nSPS) is 21.6. The number of nitrogens with one attached hydrogen (secondary N) is 2. The van der Waals surface area contributed by atoms with Crippen LogP contribution in [0.4, 0.5) is 17.1 Å². The molecule has 0 spiro atoms. The van der Waals surface area contributed by atoms with E-state index in [0.717, 1.165) is 22.5 Å². The zero-order valence-electron chi connectivity index (χ0n) is 18.5. The van der Waals surface area contributed by atoms with Gasteiger partial charge in [0.15, 0.2) is 0 Å². The van der Waals surface area contributed by atoms with Crippen LogP contribution in [0.25, 0.3) is 0 Å². The van der Waals surface area contributed by atoms with Crippen LogP contribution in [0.2, 0.25) is 0 Å². The second-order valence-corrected chi connectivity index (χ2v) is 9.05. The van der Waals surface area contributed by atoms with Crippen LogP contribution < -0.4 is 10.6 Å². The maximum Gasteiger partial charge on any atom is 0.245 e. The standard InChI is InChI=1S/C30H23N3O/c31-19-30(29(34)33-22-16-14-21(15-17-22)32-20-8-2-1-3-9-20)18-27-23-10-4-6-12-25(23)28(30)26-13-7-5-11-24(26)27/h1-17,27-28,32H,18H2,(H,33,34)/t27?,28?,30-/m0/s1. The van der Waals surface area contributed by atoms with Gasteiger partial charge in [-0.2, -0.15) is 5.26 Å². The molecule has 3 aliphatic rings. The lowest BCUT2D eigenvalue weighted by Crippen LogP contribution is -2.48. The minimum atomic E-state index is -1.16. The van der Waals surface area contributed by atoms with Crippen LogP contribution in [0.5, 0.6) is 0 Å². The fourth-order valence-electron chi connectivity index (χ4n) is 5.66. The van der Waals surface area contributed by atoms with Crippen molar-refractivity contribution in [3.63, 3.8) is 0 Å². The van der Waals surface area contributed by atoms with Gasteiger partial charge in [-0.15, -0.1) is 0 Å². The number of carbonyl (C=O) groups is 1. The number of hydrogen-bond acceptors (Lipinski definition) is 3. The number of anilines is 3. The molecule has 0 saturated carbocycles. The Labute approximate surface area is 198 Å². The van der Waals surface area contributed by atoms with Crippen molar-refractivity contribution in [1.82, 2.24) is 0 Å². The van der Waals surface area contributed by atoms with E-state index < -0.39 is 5.41 Å². The van der Waals surface area contributed by atoms with Gasteiger partial charge in [0, 0.05) is 28.9 Å². The number of fused-ring (bicyclic) bond motifs is 1. The monoisotopic (exact) mass is 441 g/mol. The van der Waals surface area contributed by atoms with Gasteiger partial charge in [-0.05, 0) is 65.1 Å². The fraction of sp³-hybridized carbons (Fsp3) is 0.133. The topological polar surface area (TPSA) is 64.9 Å². The predicted molar refractivity (Wildman–Crippen MR) is 134 cm³/mol. The first-order valence-corrected chi connectivity index (χ1v) is 11.5. The van der Waals surface area contributed by atoms with Gasteiger partial charge in [0.2, 0.25) is 5.91 Å². The van der Waals surface area contributed by atoms with Crippen LogP contribution in [-0.4, -0.2) is 5.91 Å². The van der Waals surface area contributed by atoms with Gasteiger partial charge in [0.25, 0.3) is 0 Å². The number of rotatable bonds is 4. The van der Waals surface area contributed by atoms with Crippen LogP contribution in [0.1, 0.15) is 40.5 Å². The molecule has 4 aromatic rings. The maximum atomic E-state index is 13.8. The van der Waals surface area contributed by atoms with Gasteiger partial charge in [-0.3, -0.25) is 4.79 Å². The smallest absolute Gasteiger partial charge is 0.245 e. The Kier molecular flexibility index (Phi) is 4.71. The predicted octanol–water partition coefficient (Wildman–Crippen LogP) is 6.56. The van der Waals surface area contributed by atoms with E-state index in [9.17, 15) is 10.1 Å². The third kappa shape index (κ3) is 3.09. The van der Waals surface area contributed by atoms with Crippen molar-refractivity contribution in [2.24, 2.45) is 5.41 Å². The molecule has 0 radical (unpaired) electrons. The summed E-state index contributed by atoms with van der Waals surface area (Å²) in [4.78, 5) is 13.8. The Morgan fingerprint density at radius 2 is 1.21 bits per heavy atom. The third-order valence-electron chi connectivity index (χ3n) is 7.19. The zero-order chi connectivity index (χ0) is 23.1. The summed E-state index contributed by atoms with van der Waals surface area (Å²) < 4.78 is 0. The molecule has 2 N–H and O–H groups in total. The molecule has 1 amide bonds. The summed E-state index contributed by atoms with van der Waals surface area (Å²) in [5.41, 5.74) is 6.11. The number of para-hydroxylation sites is 1. The number of carbonyl (C=O) groups excluding carboxylic acids is 1. The van der Waals surface area contributed by atoms with Crippen molar-refractivity contribution >= 4 is 23.0 Å². The second kappa shape index (κ2) is 7.90. The summed E-state index contributed by atoms with van der Waals surface area (Å²) in [6.07, 6.45) is 0.488. The third-order valence-corrected chi connectivity index (χ3v) is 7.19. The van der Waals surface area contributed by atoms with Crippen molar-refractivity contribution in [2.45, 2.75) is 18.3 Å². The van der Waals surface area contributed by atoms with Gasteiger partial charge < -0.3 is 10.6 Å². The number of nitriles is 1. The Balaban J connectivity index is 1.31. The van der Waals surface area contributed by atoms with Crippen molar-refractivity contribution in [3.05, 3.63) is 125 Å². The number of nitrogens with zero attached hydrogens (tertiary/aromatic N) is 1. The molecule has 0 aliphatic heterocycles. The lowest BCUT2D eigenvalue weighted by molar-refractivity contribution is -0.124. The van der Waals surface area contributed by atoms with Crippen molar-refractivity contribution in [3.8, 4) is 6.07 Å². The van der Waals surface area contributed by atoms with E-state index in [2.05, 4.69) is 41.0 Å². The molecule has 34 heavy (non-hydrogen) atoms. The maximum absolute atomic E-state index is 13.8. The highest BCUT2D eigenvalue weighted by Crippen LogP contribution is 2.61. The summed E-state index contributed by atoms with van der Waals surface area (Å²) in [5, 5.41) is 16.8. The number of benzene rings is 4. The summed E-state index contributed by atoms with van der Waals surface area (Å²) >= 11 is 0. The zero-order valence-corrected chi connectivity index (χ0v) is 18.5. The molecule has 4 nitrogen and oxygen atoms in total. The van der Waals surface area contributed by atoms with Gasteiger partial charge in [0.05, 0.1) is 6.07 Å². The van der Waals surface area contributed by atoms with Gasteiger partial charge in [0.1, 0.15) is 5.41 Å². The van der Waals surface area contributed by atoms with E-state index in [1.165, 1.54) is 11.1 Å². The SMILES string of the molecule is N#C[C@@]1(C(=O)Nc2ccc(Nc3ccccc3)cc2)CC2c3ccccc3C1c1ccccc12. The Hall–Kier alpha value is -4.36. The second-order valence-electron chi connectivity index (χ2n) is 9.05. The molecule has 2 bridgehead atoms. The average molecular weight is 442 g/mol. The summed E-state index contributed by atoms with van der Waals surface area (Å²) in [6.45, 7) is 0. The Bertz CT molecular complexity index is 1370. The molecular formula is C30H23N3O. The average Bonchev–Trinajstić information content (AvgIpc) is 2.90. The molecule has 164 valence electrons. The van der Waals surface area contributed by atoms with Gasteiger partial charge in [-0.1, -0.05) is 66.7 Å². The summed E-state index contributed by atoms with van der Waals surface area (Å²) in [5.74, 6) is -0.480. The first-order chi connectivity index (χ1) is 16.7. The Morgan fingerprint density at radius 3 is 1.79 bits per heavy atom. The van der Waals surface area contributed by atoms with Crippen LogP contribution in [0.3, 0.4) is 0 Å². The first kappa shape index (κ1) is 20.3. The highest BCUT2D eigenvalue weighted by Gasteiger charge is 2.57. The molecule has 7 rings (SSSR count). The van der Waals surface area contributed by atoms with Crippen molar-refractivity contribution in [1.29, 1.82) is 5.26 Å². The van der Waals surface area contributed by atoms with Crippen LogP contribution in [0, 0.1) is 16.7 Å². The van der Waals surface area contributed by atoms with E-state index >= 15 is 0 Å². The molecule has 4 aromatic carbocycles. The largest absolute Gasteiger partial charge is 0.356 e. The van der Waals surface area contributed by atoms with Crippen molar-refractivity contribution < 1.29 is 4.79 Å². The lowest BCUT2D eigenvalue weighted by atomic mass is 9.52. The summed E-state index contributed by atoms with van der Waals surface area (Å²) in [6, 6.07) is 36.5.